The summed E-state index contributed by atoms with van der Waals surface area (Å²) in [6.45, 7) is 2.35. The average Bonchev–Trinajstić information content (AvgIpc) is 3.50. The standard InChI is InChI=1S/C27H30N4O3S/c1-17(32)29-24(26-31-30-25(35-26)18-13-14-18)12-6-7-15-28-27(33)34-16-23-21-10-4-2-8-19(21)20-9-3-5-11-22(20)23/h2-5,8-11,18,23-24H,6-7,12-16H2,1H3,(H,28,33)(H,29,32)/t24-/m0/s1. The molecule has 1 aromatic heterocycles. The molecule has 2 aliphatic rings. The normalized spacial score (nSPS) is 15.2. The van der Waals surface area contributed by atoms with Crippen molar-refractivity contribution < 1.29 is 14.3 Å². The fraction of sp³-hybridized carbons (Fsp3) is 0.407. The van der Waals surface area contributed by atoms with Crippen LogP contribution in [0.15, 0.2) is 48.5 Å². The lowest BCUT2D eigenvalue weighted by Crippen LogP contribution is -2.28. The van der Waals surface area contributed by atoms with E-state index in [-0.39, 0.29) is 17.9 Å². The van der Waals surface area contributed by atoms with Crippen molar-refractivity contribution in [2.45, 2.75) is 56.9 Å². The number of carbonyl (C=O) groups is 2. The molecule has 0 unspecified atom stereocenters. The van der Waals surface area contributed by atoms with Crippen LogP contribution in [0.25, 0.3) is 11.1 Å². The van der Waals surface area contributed by atoms with E-state index in [2.05, 4.69) is 45.1 Å². The topological polar surface area (TPSA) is 93.2 Å². The highest BCUT2D eigenvalue weighted by atomic mass is 32.1. The molecular weight excluding hydrogens is 460 g/mol. The Bertz CT molecular complexity index is 1160. The number of hydrogen-bond acceptors (Lipinski definition) is 6. The van der Waals surface area contributed by atoms with Gasteiger partial charge >= 0.3 is 6.09 Å². The second-order valence-corrected chi connectivity index (χ2v) is 10.3. The first kappa shape index (κ1) is 23.5. The highest BCUT2D eigenvalue weighted by Crippen LogP contribution is 2.44. The van der Waals surface area contributed by atoms with Gasteiger partial charge in [-0.05, 0) is 54.4 Å². The Morgan fingerprint density at radius 3 is 2.37 bits per heavy atom. The molecule has 2 N–H and O–H groups in total. The second-order valence-electron chi connectivity index (χ2n) is 9.25. The number of unbranched alkanes of at least 4 members (excludes halogenated alkanes) is 1. The van der Waals surface area contributed by atoms with Crippen LogP contribution in [0.5, 0.6) is 0 Å². The predicted molar refractivity (Wildman–Crippen MR) is 135 cm³/mol. The number of alkyl carbamates (subject to hydrolysis) is 1. The van der Waals surface area contributed by atoms with E-state index in [1.54, 1.807) is 11.3 Å². The van der Waals surface area contributed by atoms with E-state index in [9.17, 15) is 9.59 Å². The zero-order chi connectivity index (χ0) is 24.2. The number of nitrogens with zero attached hydrogens (tertiary/aromatic N) is 2. The molecule has 35 heavy (non-hydrogen) atoms. The lowest BCUT2D eigenvalue weighted by molar-refractivity contribution is -0.119. The van der Waals surface area contributed by atoms with Crippen LogP contribution < -0.4 is 10.6 Å². The molecule has 2 aliphatic carbocycles. The third-order valence-corrected chi connectivity index (χ3v) is 7.79. The molecular formula is C27H30N4O3S. The van der Waals surface area contributed by atoms with Gasteiger partial charge in [0.2, 0.25) is 5.91 Å². The average molecular weight is 491 g/mol. The number of amides is 2. The van der Waals surface area contributed by atoms with Gasteiger partial charge in [-0.1, -0.05) is 59.9 Å². The van der Waals surface area contributed by atoms with Crippen LogP contribution in [-0.2, 0) is 9.53 Å². The first-order chi connectivity index (χ1) is 17.1. The largest absolute Gasteiger partial charge is 0.449 e. The number of rotatable bonds is 10. The van der Waals surface area contributed by atoms with Crippen molar-refractivity contribution in [3.63, 3.8) is 0 Å². The van der Waals surface area contributed by atoms with Gasteiger partial charge in [0.25, 0.3) is 0 Å². The minimum absolute atomic E-state index is 0.0546. The molecule has 1 atom stereocenters. The molecule has 1 heterocycles. The number of hydrogen-bond donors (Lipinski definition) is 2. The van der Waals surface area contributed by atoms with Crippen molar-refractivity contribution in [1.82, 2.24) is 20.8 Å². The van der Waals surface area contributed by atoms with Crippen LogP contribution in [0.2, 0.25) is 0 Å². The summed E-state index contributed by atoms with van der Waals surface area (Å²) in [5.41, 5.74) is 4.83. The number of benzene rings is 2. The van der Waals surface area contributed by atoms with E-state index in [4.69, 9.17) is 4.74 Å². The Kier molecular flexibility index (Phi) is 7.08. The number of aromatic nitrogens is 2. The van der Waals surface area contributed by atoms with Crippen molar-refractivity contribution in [2.75, 3.05) is 13.2 Å². The fourth-order valence-electron chi connectivity index (χ4n) is 4.70. The van der Waals surface area contributed by atoms with Crippen LogP contribution in [-0.4, -0.2) is 35.3 Å². The van der Waals surface area contributed by atoms with E-state index in [1.165, 1.54) is 42.0 Å². The van der Waals surface area contributed by atoms with Gasteiger partial charge in [-0.25, -0.2) is 4.79 Å². The second kappa shape index (κ2) is 10.6. The molecule has 182 valence electrons. The molecule has 0 aliphatic heterocycles. The molecule has 3 aromatic rings. The van der Waals surface area contributed by atoms with E-state index < -0.39 is 6.09 Å². The first-order valence-electron chi connectivity index (χ1n) is 12.3. The minimum Gasteiger partial charge on any atom is -0.449 e. The Balaban J connectivity index is 1.07. The van der Waals surface area contributed by atoms with E-state index in [0.29, 0.717) is 19.1 Å². The number of carbonyl (C=O) groups excluding carboxylic acids is 2. The molecule has 0 radical (unpaired) electrons. The third kappa shape index (κ3) is 5.53. The zero-order valence-corrected chi connectivity index (χ0v) is 20.6. The van der Waals surface area contributed by atoms with Gasteiger partial charge in [0, 0.05) is 25.3 Å². The monoisotopic (exact) mass is 490 g/mol. The molecule has 0 saturated heterocycles. The maximum Gasteiger partial charge on any atom is 0.407 e. The number of nitrogens with one attached hydrogen (secondary N) is 2. The van der Waals surface area contributed by atoms with Crippen molar-refractivity contribution in [1.29, 1.82) is 0 Å². The number of fused-ring (bicyclic) bond motifs is 3. The first-order valence-corrected chi connectivity index (χ1v) is 13.1. The molecule has 0 spiro atoms. The van der Waals surface area contributed by atoms with Crippen molar-refractivity contribution in [2.24, 2.45) is 0 Å². The van der Waals surface area contributed by atoms with Crippen molar-refractivity contribution >= 4 is 23.3 Å². The highest BCUT2D eigenvalue weighted by molar-refractivity contribution is 7.11. The van der Waals surface area contributed by atoms with Gasteiger partial charge in [-0.3, -0.25) is 4.79 Å². The molecule has 0 bridgehead atoms. The molecule has 1 fully saturated rings. The van der Waals surface area contributed by atoms with Crippen LogP contribution in [0.3, 0.4) is 0 Å². The summed E-state index contributed by atoms with van der Waals surface area (Å²) in [5, 5.41) is 16.4. The highest BCUT2D eigenvalue weighted by Gasteiger charge is 2.30. The van der Waals surface area contributed by atoms with Gasteiger partial charge < -0.3 is 15.4 Å². The zero-order valence-electron chi connectivity index (χ0n) is 19.8. The van der Waals surface area contributed by atoms with Crippen molar-refractivity contribution in [3.8, 4) is 11.1 Å². The predicted octanol–water partition coefficient (Wildman–Crippen LogP) is 5.30. The smallest absolute Gasteiger partial charge is 0.407 e. The Labute approximate surface area is 209 Å². The Morgan fingerprint density at radius 1 is 1.03 bits per heavy atom. The third-order valence-electron chi connectivity index (χ3n) is 6.59. The summed E-state index contributed by atoms with van der Waals surface area (Å²) in [4.78, 5) is 24.0. The summed E-state index contributed by atoms with van der Waals surface area (Å²) in [6.07, 6.45) is 4.35. The molecule has 1 saturated carbocycles. The van der Waals surface area contributed by atoms with Crippen molar-refractivity contribution in [3.05, 3.63) is 69.7 Å². The summed E-state index contributed by atoms with van der Waals surface area (Å²) in [7, 11) is 0. The van der Waals surface area contributed by atoms with Crippen LogP contribution in [0.4, 0.5) is 4.79 Å². The Morgan fingerprint density at radius 2 is 1.71 bits per heavy atom. The summed E-state index contributed by atoms with van der Waals surface area (Å²) in [5.74, 6) is 0.537. The van der Waals surface area contributed by atoms with Gasteiger partial charge in [-0.2, -0.15) is 0 Å². The Hall–Kier alpha value is -3.26. The SMILES string of the molecule is CC(=O)N[C@@H](CCCCNC(=O)OCC1c2ccccc2-c2ccccc21)c1nnc(C2CC2)s1. The van der Waals surface area contributed by atoms with Gasteiger partial charge in [0.15, 0.2) is 0 Å². The van der Waals surface area contributed by atoms with Gasteiger partial charge in [0.1, 0.15) is 16.6 Å². The summed E-state index contributed by atoms with van der Waals surface area (Å²) >= 11 is 1.60. The number of ether oxygens (including phenoxy) is 1. The van der Waals surface area contributed by atoms with Gasteiger partial charge in [0.05, 0.1) is 6.04 Å². The van der Waals surface area contributed by atoms with E-state index in [1.807, 2.05) is 24.3 Å². The summed E-state index contributed by atoms with van der Waals surface area (Å²) < 4.78 is 5.60. The summed E-state index contributed by atoms with van der Waals surface area (Å²) in [6, 6.07) is 16.5. The van der Waals surface area contributed by atoms with Crippen LogP contribution in [0, 0.1) is 0 Å². The van der Waals surface area contributed by atoms with Crippen LogP contribution >= 0.6 is 11.3 Å². The maximum atomic E-state index is 12.4. The quantitative estimate of drug-likeness (QED) is 0.376. The fourth-order valence-corrected chi connectivity index (χ4v) is 5.80. The maximum absolute atomic E-state index is 12.4. The van der Waals surface area contributed by atoms with E-state index >= 15 is 0 Å². The molecule has 5 rings (SSSR count). The van der Waals surface area contributed by atoms with Crippen LogP contribution in [0.1, 0.15) is 78.0 Å². The molecule has 2 amide bonds. The molecule has 2 aromatic carbocycles. The lowest BCUT2D eigenvalue weighted by Gasteiger charge is -2.16. The molecule has 7 nitrogen and oxygen atoms in total. The minimum atomic E-state index is -0.400. The lowest BCUT2D eigenvalue weighted by atomic mass is 9.98. The molecule has 8 heteroatoms. The van der Waals surface area contributed by atoms with Gasteiger partial charge in [-0.15, -0.1) is 10.2 Å². The van der Waals surface area contributed by atoms with E-state index in [0.717, 1.165) is 29.3 Å².